The summed E-state index contributed by atoms with van der Waals surface area (Å²) < 4.78 is 11.3. The Labute approximate surface area is 101 Å². The molecule has 0 aliphatic carbocycles. The number of hydrogen-bond acceptors (Lipinski definition) is 5. The highest BCUT2D eigenvalue weighted by Gasteiger charge is 2.33. The van der Waals surface area contributed by atoms with Crippen molar-refractivity contribution in [2.24, 2.45) is 5.16 Å². The van der Waals surface area contributed by atoms with E-state index in [-0.39, 0.29) is 0 Å². The molecule has 17 heavy (non-hydrogen) atoms. The van der Waals surface area contributed by atoms with Gasteiger partial charge in [-0.2, -0.15) is 0 Å². The summed E-state index contributed by atoms with van der Waals surface area (Å²) in [6.07, 6.45) is 6.14. The zero-order valence-corrected chi connectivity index (χ0v) is 10.1. The van der Waals surface area contributed by atoms with E-state index in [1.54, 1.807) is 0 Å². The standard InChI is InChI=1S/C12H20N2O3/c1-2-10-8-11(7-9(1)13-10)15-5-6-16-12-3-4-17-14-12/h9-11,13H,1-8H2. The summed E-state index contributed by atoms with van der Waals surface area (Å²) in [7, 11) is 0. The van der Waals surface area contributed by atoms with Crippen LogP contribution >= 0.6 is 0 Å². The molecule has 0 saturated carbocycles. The molecule has 2 bridgehead atoms. The first-order valence-corrected chi connectivity index (χ1v) is 6.59. The SMILES string of the molecule is C1CC(OCCOC2CC3CCC(C2)N3)=NO1. The number of piperidine rings is 1. The maximum Gasteiger partial charge on any atom is 0.229 e. The van der Waals surface area contributed by atoms with Crippen molar-refractivity contribution in [1.29, 1.82) is 0 Å². The van der Waals surface area contributed by atoms with Crippen LogP contribution in [0.4, 0.5) is 0 Å². The van der Waals surface area contributed by atoms with Crippen molar-refractivity contribution in [1.82, 2.24) is 5.32 Å². The van der Waals surface area contributed by atoms with Gasteiger partial charge in [0.2, 0.25) is 5.90 Å². The fourth-order valence-corrected chi connectivity index (χ4v) is 2.91. The van der Waals surface area contributed by atoms with Gasteiger partial charge in [-0.05, 0) is 25.7 Å². The Morgan fingerprint density at radius 3 is 2.76 bits per heavy atom. The van der Waals surface area contributed by atoms with Gasteiger partial charge >= 0.3 is 0 Å². The number of fused-ring (bicyclic) bond motifs is 2. The van der Waals surface area contributed by atoms with E-state index in [1.807, 2.05) is 0 Å². The molecule has 3 heterocycles. The molecule has 0 aromatic heterocycles. The van der Waals surface area contributed by atoms with Gasteiger partial charge in [-0.25, -0.2) is 0 Å². The first kappa shape index (κ1) is 11.3. The molecule has 0 aromatic rings. The predicted molar refractivity (Wildman–Crippen MR) is 62.9 cm³/mol. The zero-order valence-electron chi connectivity index (χ0n) is 10.1. The van der Waals surface area contributed by atoms with E-state index in [0.717, 1.165) is 19.3 Å². The monoisotopic (exact) mass is 240 g/mol. The number of nitrogens with one attached hydrogen (secondary N) is 1. The minimum absolute atomic E-state index is 0.416. The summed E-state index contributed by atoms with van der Waals surface area (Å²) in [5, 5.41) is 7.39. The molecule has 3 aliphatic rings. The van der Waals surface area contributed by atoms with Crippen LogP contribution in [0.3, 0.4) is 0 Å². The Kier molecular flexibility index (Phi) is 3.47. The second-order valence-corrected chi connectivity index (χ2v) is 5.02. The molecule has 96 valence electrons. The normalized spacial score (nSPS) is 35.5. The lowest BCUT2D eigenvalue weighted by Crippen LogP contribution is -2.41. The molecule has 1 N–H and O–H groups in total. The highest BCUT2D eigenvalue weighted by molar-refractivity contribution is 5.76. The average Bonchev–Trinajstić information content (AvgIpc) is 2.95. The number of ether oxygens (including phenoxy) is 2. The molecule has 0 spiro atoms. The van der Waals surface area contributed by atoms with E-state index >= 15 is 0 Å². The van der Waals surface area contributed by atoms with Gasteiger partial charge in [-0.15, -0.1) is 0 Å². The second-order valence-electron chi connectivity index (χ2n) is 5.02. The van der Waals surface area contributed by atoms with Crippen LogP contribution in [0.25, 0.3) is 0 Å². The van der Waals surface area contributed by atoms with Crippen LogP contribution < -0.4 is 5.32 Å². The van der Waals surface area contributed by atoms with Crippen LogP contribution in [0.2, 0.25) is 0 Å². The number of nitrogens with zero attached hydrogens (tertiary/aromatic N) is 1. The van der Waals surface area contributed by atoms with E-state index < -0.39 is 0 Å². The van der Waals surface area contributed by atoms with E-state index in [9.17, 15) is 0 Å². The summed E-state index contributed by atoms with van der Waals surface area (Å²) >= 11 is 0. The van der Waals surface area contributed by atoms with Crippen molar-refractivity contribution in [3.05, 3.63) is 0 Å². The van der Waals surface area contributed by atoms with Gasteiger partial charge in [0.15, 0.2) is 0 Å². The largest absolute Gasteiger partial charge is 0.476 e. The van der Waals surface area contributed by atoms with Gasteiger partial charge in [0.25, 0.3) is 0 Å². The molecule has 3 aliphatic heterocycles. The summed E-state index contributed by atoms with van der Waals surface area (Å²) in [5.74, 6) is 0.707. The van der Waals surface area contributed by atoms with E-state index in [0.29, 0.717) is 43.9 Å². The van der Waals surface area contributed by atoms with Gasteiger partial charge in [-0.3, -0.25) is 0 Å². The van der Waals surface area contributed by atoms with E-state index in [4.69, 9.17) is 14.3 Å². The lowest BCUT2D eigenvalue weighted by molar-refractivity contribution is 0.00393. The minimum atomic E-state index is 0.416. The second kappa shape index (κ2) is 5.23. The zero-order chi connectivity index (χ0) is 11.5. The smallest absolute Gasteiger partial charge is 0.229 e. The number of rotatable bonds is 4. The van der Waals surface area contributed by atoms with Gasteiger partial charge in [0.1, 0.15) is 13.2 Å². The molecular formula is C12H20N2O3. The quantitative estimate of drug-likeness (QED) is 0.746. The molecule has 5 nitrogen and oxygen atoms in total. The first-order valence-electron chi connectivity index (χ1n) is 6.59. The fraction of sp³-hybridized carbons (Fsp3) is 0.917. The maximum absolute atomic E-state index is 5.86. The van der Waals surface area contributed by atoms with E-state index in [1.165, 1.54) is 12.8 Å². The molecule has 0 aromatic carbocycles. The molecule has 5 heteroatoms. The van der Waals surface area contributed by atoms with E-state index in [2.05, 4.69) is 10.5 Å². The number of hydrogen-bond donors (Lipinski definition) is 1. The Morgan fingerprint density at radius 2 is 2.06 bits per heavy atom. The highest BCUT2D eigenvalue weighted by atomic mass is 16.7. The molecule has 3 rings (SSSR count). The molecule has 0 radical (unpaired) electrons. The van der Waals surface area contributed by atoms with Crippen molar-refractivity contribution in [3.63, 3.8) is 0 Å². The maximum atomic E-state index is 5.86. The average molecular weight is 240 g/mol. The predicted octanol–water partition coefficient (Wildman–Crippen LogP) is 1.04. The molecule has 0 amide bonds. The first-order chi connectivity index (χ1) is 8.40. The topological polar surface area (TPSA) is 52.1 Å². The highest BCUT2D eigenvalue weighted by Crippen LogP contribution is 2.28. The molecular weight excluding hydrogens is 220 g/mol. The summed E-state index contributed by atoms with van der Waals surface area (Å²) in [6, 6.07) is 1.37. The molecule has 2 saturated heterocycles. The lowest BCUT2D eigenvalue weighted by Gasteiger charge is -2.29. The van der Waals surface area contributed by atoms with Crippen LogP contribution in [-0.4, -0.2) is 43.9 Å². The summed E-state index contributed by atoms with van der Waals surface area (Å²) in [4.78, 5) is 4.85. The van der Waals surface area contributed by atoms with Crippen LogP contribution in [0, 0.1) is 0 Å². The Bertz CT molecular complexity index is 283. The minimum Gasteiger partial charge on any atom is -0.476 e. The molecule has 2 unspecified atom stereocenters. The third-order valence-electron chi connectivity index (χ3n) is 3.71. The molecule has 2 fully saturated rings. The fourth-order valence-electron chi connectivity index (χ4n) is 2.91. The molecule has 2 atom stereocenters. The van der Waals surface area contributed by atoms with Crippen molar-refractivity contribution in [2.45, 2.75) is 50.3 Å². The van der Waals surface area contributed by atoms with Crippen LogP contribution in [-0.2, 0) is 14.3 Å². The third kappa shape index (κ3) is 2.90. The Morgan fingerprint density at radius 1 is 1.24 bits per heavy atom. The third-order valence-corrected chi connectivity index (χ3v) is 3.71. The van der Waals surface area contributed by atoms with Crippen molar-refractivity contribution in [2.75, 3.05) is 19.8 Å². The van der Waals surface area contributed by atoms with Gasteiger partial charge < -0.3 is 19.6 Å². The Balaban J connectivity index is 1.32. The van der Waals surface area contributed by atoms with Crippen LogP contribution in [0.15, 0.2) is 5.16 Å². The summed E-state index contributed by atoms with van der Waals surface area (Å²) in [5.41, 5.74) is 0. The van der Waals surface area contributed by atoms with Crippen LogP contribution in [0.1, 0.15) is 32.1 Å². The summed E-state index contributed by atoms with van der Waals surface area (Å²) in [6.45, 7) is 1.89. The Hall–Kier alpha value is -0.810. The van der Waals surface area contributed by atoms with Gasteiger partial charge in [-0.1, -0.05) is 5.16 Å². The van der Waals surface area contributed by atoms with Crippen LogP contribution in [0.5, 0.6) is 0 Å². The number of oxime groups is 1. The van der Waals surface area contributed by atoms with Crippen molar-refractivity contribution < 1.29 is 14.3 Å². The van der Waals surface area contributed by atoms with Crippen molar-refractivity contribution in [3.8, 4) is 0 Å². The lowest BCUT2D eigenvalue weighted by atomic mass is 10.0. The van der Waals surface area contributed by atoms with Gasteiger partial charge in [0.05, 0.1) is 19.1 Å². The van der Waals surface area contributed by atoms with Crippen molar-refractivity contribution >= 4 is 5.90 Å². The van der Waals surface area contributed by atoms with Gasteiger partial charge in [0, 0.05) is 12.1 Å².